The van der Waals surface area contributed by atoms with Gasteiger partial charge in [0, 0.05) is 12.2 Å². The molecule has 0 aromatic heterocycles. The Morgan fingerprint density at radius 1 is 1.07 bits per heavy atom. The summed E-state index contributed by atoms with van der Waals surface area (Å²) in [6.45, 7) is 6.38. The van der Waals surface area contributed by atoms with Gasteiger partial charge in [-0.05, 0) is 54.5 Å². The van der Waals surface area contributed by atoms with Crippen LogP contribution in [0.25, 0.3) is 0 Å². The smallest absolute Gasteiger partial charge is 0.240 e. The third-order valence-corrected chi connectivity index (χ3v) is 5.15. The molecule has 5 heteroatoms. The number of nitrogens with one attached hydrogen (secondary N) is 2. The number of carbonyl (C=O) groups excluding carboxylic acids is 2. The quantitative estimate of drug-likeness (QED) is 0.747. The molecule has 1 aliphatic carbocycles. The zero-order chi connectivity index (χ0) is 19.6. The molecular weight excluding hydrogens is 343 g/mol. The summed E-state index contributed by atoms with van der Waals surface area (Å²) >= 11 is 0. The van der Waals surface area contributed by atoms with E-state index in [1.165, 1.54) is 12.1 Å². The fraction of sp³-hybridized carbons (Fsp3) is 0.364. The van der Waals surface area contributed by atoms with E-state index in [1.807, 2.05) is 25.1 Å². The first kappa shape index (κ1) is 19.1. The van der Waals surface area contributed by atoms with Crippen molar-refractivity contribution >= 4 is 17.5 Å². The Morgan fingerprint density at radius 3 is 2.33 bits per heavy atom. The van der Waals surface area contributed by atoms with Gasteiger partial charge in [-0.2, -0.15) is 0 Å². The number of para-hydroxylation sites is 1. The second-order valence-corrected chi connectivity index (χ2v) is 7.54. The van der Waals surface area contributed by atoms with E-state index in [-0.39, 0.29) is 30.1 Å². The average Bonchev–Trinajstić information content (AvgIpc) is 3.44. The summed E-state index contributed by atoms with van der Waals surface area (Å²) in [5.41, 5.74) is 2.64. The van der Waals surface area contributed by atoms with Crippen LogP contribution < -0.4 is 10.6 Å². The predicted molar refractivity (Wildman–Crippen MR) is 104 cm³/mol. The highest BCUT2D eigenvalue weighted by molar-refractivity contribution is 6.13. The van der Waals surface area contributed by atoms with Crippen molar-refractivity contribution in [2.24, 2.45) is 5.41 Å². The molecule has 0 spiro atoms. The maximum Gasteiger partial charge on any atom is 0.240 e. The number of anilines is 1. The molecule has 2 aromatic rings. The number of rotatable bonds is 6. The fourth-order valence-electron chi connectivity index (χ4n) is 3.21. The van der Waals surface area contributed by atoms with Gasteiger partial charge >= 0.3 is 0 Å². The minimum atomic E-state index is -1.00. The third-order valence-electron chi connectivity index (χ3n) is 5.15. The molecule has 1 aliphatic rings. The molecule has 0 atom stereocenters. The average molecular weight is 368 g/mol. The van der Waals surface area contributed by atoms with Gasteiger partial charge in [-0.25, -0.2) is 4.39 Å². The molecule has 1 fully saturated rings. The number of benzene rings is 2. The molecule has 142 valence electrons. The first-order valence-corrected chi connectivity index (χ1v) is 9.27. The van der Waals surface area contributed by atoms with Crippen LogP contribution in [0.1, 0.15) is 49.3 Å². The van der Waals surface area contributed by atoms with Crippen LogP contribution in [0.15, 0.2) is 42.5 Å². The maximum atomic E-state index is 13.0. The fourth-order valence-corrected chi connectivity index (χ4v) is 3.21. The molecule has 27 heavy (non-hydrogen) atoms. The summed E-state index contributed by atoms with van der Waals surface area (Å²) < 4.78 is 13.0. The van der Waals surface area contributed by atoms with Gasteiger partial charge < -0.3 is 10.6 Å². The van der Waals surface area contributed by atoms with E-state index in [0.29, 0.717) is 12.8 Å². The minimum Gasteiger partial charge on any atom is -0.351 e. The minimum absolute atomic E-state index is 0.254. The predicted octanol–water partition coefficient (Wildman–Crippen LogP) is 4.29. The Morgan fingerprint density at radius 2 is 1.74 bits per heavy atom. The Labute approximate surface area is 159 Å². The van der Waals surface area contributed by atoms with E-state index in [4.69, 9.17) is 0 Å². The van der Waals surface area contributed by atoms with Crippen LogP contribution in [0.2, 0.25) is 0 Å². The van der Waals surface area contributed by atoms with Crippen molar-refractivity contribution in [2.75, 3.05) is 5.32 Å². The summed E-state index contributed by atoms with van der Waals surface area (Å²) in [6, 6.07) is 11.9. The summed E-state index contributed by atoms with van der Waals surface area (Å²) in [4.78, 5) is 25.6. The Balaban J connectivity index is 1.69. The molecule has 0 bridgehead atoms. The molecule has 0 unspecified atom stereocenters. The zero-order valence-electron chi connectivity index (χ0n) is 15.9. The van der Waals surface area contributed by atoms with Crippen molar-refractivity contribution in [2.45, 2.75) is 46.1 Å². The first-order chi connectivity index (χ1) is 12.8. The molecule has 1 saturated carbocycles. The van der Waals surface area contributed by atoms with Crippen molar-refractivity contribution in [3.8, 4) is 0 Å². The van der Waals surface area contributed by atoms with Gasteiger partial charge in [0.1, 0.15) is 11.2 Å². The lowest BCUT2D eigenvalue weighted by atomic mass is 9.97. The second-order valence-electron chi connectivity index (χ2n) is 7.54. The largest absolute Gasteiger partial charge is 0.351 e. The number of hydrogen-bond donors (Lipinski definition) is 2. The highest BCUT2D eigenvalue weighted by Crippen LogP contribution is 2.47. The van der Waals surface area contributed by atoms with E-state index in [1.54, 1.807) is 12.1 Å². The molecule has 4 nitrogen and oxygen atoms in total. The number of amides is 2. The molecule has 3 rings (SSSR count). The van der Waals surface area contributed by atoms with Crippen LogP contribution in [0, 0.1) is 18.2 Å². The van der Waals surface area contributed by atoms with Gasteiger partial charge in [-0.15, -0.1) is 0 Å². The van der Waals surface area contributed by atoms with Gasteiger partial charge in [0.05, 0.1) is 0 Å². The highest BCUT2D eigenvalue weighted by Gasteiger charge is 2.56. The number of carbonyl (C=O) groups is 2. The zero-order valence-corrected chi connectivity index (χ0v) is 15.9. The second kappa shape index (κ2) is 7.51. The van der Waals surface area contributed by atoms with Crippen LogP contribution >= 0.6 is 0 Å². The molecule has 2 N–H and O–H groups in total. The summed E-state index contributed by atoms with van der Waals surface area (Å²) in [5.74, 6) is -0.579. The van der Waals surface area contributed by atoms with E-state index >= 15 is 0 Å². The lowest BCUT2D eigenvalue weighted by molar-refractivity contribution is -0.134. The Kier molecular flexibility index (Phi) is 5.31. The van der Waals surface area contributed by atoms with Gasteiger partial charge in [0.2, 0.25) is 11.8 Å². The Hall–Kier alpha value is -2.69. The maximum absolute atomic E-state index is 13.0. The summed E-state index contributed by atoms with van der Waals surface area (Å²) in [6.07, 6.45) is 1.08. The molecule has 2 amide bonds. The molecule has 0 radical (unpaired) electrons. The van der Waals surface area contributed by atoms with Crippen LogP contribution in [-0.4, -0.2) is 11.8 Å². The van der Waals surface area contributed by atoms with Gasteiger partial charge in [0.25, 0.3) is 0 Å². The standard InChI is InChI=1S/C22H25FN2O2/c1-14(2)18-6-4-5-15(3)19(18)25-21(27)22(11-12-22)20(26)24-13-16-7-9-17(23)10-8-16/h4-10,14H,11-13H2,1-3H3,(H,24,26)(H,25,27). The van der Waals surface area contributed by atoms with Gasteiger partial charge in [0.15, 0.2) is 0 Å². The van der Waals surface area contributed by atoms with Crippen molar-refractivity contribution < 1.29 is 14.0 Å². The lowest BCUT2D eigenvalue weighted by Crippen LogP contribution is -2.40. The van der Waals surface area contributed by atoms with Crippen molar-refractivity contribution in [1.82, 2.24) is 5.32 Å². The van der Waals surface area contributed by atoms with Gasteiger partial charge in [-0.3, -0.25) is 9.59 Å². The molecule has 0 saturated heterocycles. The van der Waals surface area contributed by atoms with Crippen LogP contribution in [0.5, 0.6) is 0 Å². The number of aryl methyl sites for hydroxylation is 1. The van der Waals surface area contributed by atoms with Crippen LogP contribution in [0.4, 0.5) is 10.1 Å². The summed E-state index contributed by atoms with van der Waals surface area (Å²) in [5, 5.41) is 5.82. The molecule has 0 aliphatic heterocycles. The third kappa shape index (κ3) is 4.02. The van der Waals surface area contributed by atoms with Crippen LogP contribution in [-0.2, 0) is 16.1 Å². The van der Waals surface area contributed by atoms with Crippen molar-refractivity contribution in [3.05, 3.63) is 65.0 Å². The monoisotopic (exact) mass is 368 g/mol. The first-order valence-electron chi connectivity index (χ1n) is 9.27. The highest BCUT2D eigenvalue weighted by atomic mass is 19.1. The van der Waals surface area contributed by atoms with E-state index in [9.17, 15) is 14.0 Å². The molecule has 0 heterocycles. The van der Waals surface area contributed by atoms with Crippen molar-refractivity contribution in [1.29, 1.82) is 0 Å². The number of halogens is 1. The van der Waals surface area contributed by atoms with E-state index in [0.717, 1.165) is 22.4 Å². The summed E-state index contributed by atoms with van der Waals surface area (Å²) in [7, 11) is 0. The SMILES string of the molecule is Cc1cccc(C(C)C)c1NC(=O)C1(C(=O)NCc2ccc(F)cc2)CC1. The van der Waals surface area contributed by atoms with Crippen molar-refractivity contribution in [3.63, 3.8) is 0 Å². The van der Waals surface area contributed by atoms with E-state index in [2.05, 4.69) is 24.5 Å². The number of hydrogen-bond acceptors (Lipinski definition) is 2. The topological polar surface area (TPSA) is 58.2 Å². The molecular formula is C22H25FN2O2. The normalized spacial score (nSPS) is 14.7. The van der Waals surface area contributed by atoms with E-state index < -0.39 is 5.41 Å². The lowest BCUT2D eigenvalue weighted by Gasteiger charge is -2.20. The molecule has 2 aromatic carbocycles. The van der Waals surface area contributed by atoms with Crippen LogP contribution in [0.3, 0.4) is 0 Å². The Bertz CT molecular complexity index is 855. The van der Waals surface area contributed by atoms with Gasteiger partial charge in [-0.1, -0.05) is 44.2 Å².